The van der Waals surface area contributed by atoms with Crippen molar-refractivity contribution in [2.75, 3.05) is 6.61 Å². The lowest BCUT2D eigenvalue weighted by molar-refractivity contribution is -0.140. The number of fused-ring (bicyclic) bond motifs is 3. The van der Waals surface area contributed by atoms with E-state index < -0.39 is 24.2 Å². The molecule has 0 aromatic heterocycles. The molecule has 0 aliphatic heterocycles. The van der Waals surface area contributed by atoms with Gasteiger partial charge in [-0.2, -0.15) is 0 Å². The Morgan fingerprint density at radius 1 is 1.00 bits per heavy atom. The minimum atomic E-state index is -1.99. The fourth-order valence-electron chi connectivity index (χ4n) is 3.05. The summed E-state index contributed by atoms with van der Waals surface area (Å²) in [6, 6.07) is 15.7. The minimum Gasteiger partial charge on any atom is -0.447 e. The number of aliphatic hydroxyl groups is 2. The molecule has 4 N–H and O–H groups in total. The lowest BCUT2D eigenvalue weighted by Crippen LogP contribution is -2.50. The van der Waals surface area contributed by atoms with Crippen LogP contribution in [0.15, 0.2) is 48.5 Å². The van der Waals surface area contributed by atoms with Crippen LogP contribution in [0.5, 0.6) is 0 Å². The van der Waals surface area contributed by atoms with Crippen molar-refractivity contribution in [1.29, 1.82) is 0 Å². The molecule has 140 valence electrons. The molecule has 0 spiro atoms. The third-order valence-corrected chi connectivity index (χ3v) is 4.36. The molecular weight excluding hydrogens is 352 g/mol. The van der Waals surface area contributed by atoms with Crippen molar-refractivity contribution >= 4 is 18.3 Å². The van der Waals surface area contributed by atoms with Gasteiger partial charge >= 0.3 is 6.09 Å². The second kappa shape index (κ2) is 7.98. The van der Waals surface area contributed by atoms with Crippen LogP contribution in [0.2, 0.25) is 0 Å². The van der Waals surface area contributed by atoms with Crippen molar-refractivity contribution in [2.45, 2.75) is 18.1 Å². The molecule has 0 bridgehead atoms. The van der Waals surface area contributed by atoms with Crippen molar-refractivity contribution < 1.29 is 29.3 Å². The molecule has 8 heteroatoms. The molecule has 27 heavy (non-hydrogen) atoms. The van der Waals surface area contributed by atoms with Gasteiger partial charge in [0, 0.05) is 5.92 Å². The normalized spacial score (nSPS) is 14.4. The molecule has 0 saturated heterocycles. The first kappa shape index (κ1) is 18.6. The average molecular weight is 370 g/mol. The van der Waals surface area contributed by atoms with Crippen LogP contribution in [0.4, 0.5) is 4.79 Å². The average Bonchev–Trinajstić information content (AvgIpc) is 3.03. The number of carbonyl (C=O) groups excluding carboxylic acids is 3. The molecule has 0 fully saturated rings. The highest BCUT2D eigenvalue weighted by molar-refractivity contribution is 5.86. The monoisotopic (exact) mass is 370 g/mol. The Kier molecular flexibility index (Phi) is 5.49. The molecule has 1 aliphatic rings. The summed E-state index contributed by atoms with van der Waals surface area (Å²) in [5.41, 5.74) is 8.10. The summed E-state index contributed by atoms with van der Waals surface area (Å²) >= 11 is 0. The summed E-state index contributed by atoms with van der Waals surface area (Å²) < 4.78 is 5.18. The fraction of sp³-hybridized carbons (Fsp3) is 0.211. The van der Waals surface area contributed by atoms with E-state index in [1.807, 2.05) is 59.4 Å². The van der Waals surface area contributed by atoms with E-state index in [1.54, 1.807) is 0 Å². The summed E-state index contributed by atoms with van der Waals surface area (Å²) in [5, 5.41) is 18.4. The lowest BCUT2D eigenvalue weighted by atomic mass is 9.98. The van der Waals surface area contributed by atoms with E-state index in [9.17, 15) is 19.5 Å². The molecule has 0 unspecified atom stereocenters. The highest BCUT2D eigenvalue weighted by atomic mass is 16.6. The Hall–Kier alpha value is -3.23. The summed E-state index contributed by atoms with van der Waals surface area (Å²) in [7, 11) is 0. The number of benzene rings is 2. The fourth-order valence-corrected chi connectivity index (χ4v) is 3.05. The molecule has 0 radical (unpaired) electrons. The van der Waals surface area contributed by atoms with Gasteiger partial charge in [-0.15, -0.1) is 0 Å². The van der Waals surface area contributed by atoms with E-state index in [0.29, 0.717) is 0 Å². The maximum Gasteiger partial charge on any atom is 0.426 e. The molecular formula is C19H18N2O6. The number of aldehydes is 1. The van der Waals surface area contributed by atoms with E-state index in [1.165, 1.54) is 0 Å². The van der Waals surface area contributed by atoms with Gasteiger partial charge in [0.25, 0.3) is 5.91 Å². The first-order chi connectivity index (χ1) is 13.0. The quantitative estimate of drug-likeness (QED) is 0.448. The van der Waals surface area contributed by atoms with Crippen LogP contribution in [0.3, 0.4) is 0 Å². The van der Waals surface area contributed by atoms with Crippen LogP contribution in [-0.4, -0.2) is 47.3 Å². The van der Waals surface area contributed by atoms with Crippen LogP contribution in [0.1, 0.15) is 17.0 Å². The molecule has 0 heterocycles. The maximum absolute atomic E-state index is 11.8. The van der Waals surface area contributed by atoms with Gasteiger partial charge in [-0.25, -0.2) is 10.2 Å². The van der Waals surface area contributed by atoms with Crippen LogP contribution in [-0.2, 0) is 14.3 Å². The number of rotatable bonds is 5. The standard InChI is InChI=1S/C19H18N2O6/c22-9-16(23)17(24)18(25)20-21-19(26)27-10-15-13-7-3-1-5-11(13)12-6-2-4-8-14(12)15/h1-9,15-17,23-24H,10H2,(H,20,25)(H,21,26)/t16-,17+/m0/s1. The van der Waals surface area contributed by atoms with Crippen LogP contribution in [0, 0.1) is 0 Å². The Morgan fingerprint density at radius 2 is 1.56 bits per heavy atom. The van der Waals surface area contributed by atoms with Crippen molar-refractivity contribution in [3.8, 4) is 11.1 Å². The van der Waals surface area contributed by atoms with E-state index in [4.69, 9.17) is 9.84 Å². The first-order valence-electron chi connectivity index (χ1n) is 8.25. The number of amides is 2. The van der Waals surface area contributed by atoms with Gasteiger partial charge < -0.3 is 19.7 Å². The van der Waals surface area contributed by atoms with Crippen LogP contribution in [0.25, 0.3) is 11.1 Å². The molecule has 2 aromatic carbocycles. The van der Waals surface area contributed by atoms with Gasteiger partial charge in [-0.05, 0) is 22.3 Å². The number of hydrazine groups is 1. The number of nitrogens with one attached hydrogen (secondary N) is 2. The van der Waals surface area contributed by atoms with Crippen molar-refractivity contribution in [3.63, 3.8) is 0 Å². The Balaban J connectivity index is 1.60. The molecule has 2 atom stereocenters. The molecule has 3 rings (SSSR count). The van der Waals surface area contributed by atoms with Gasteiger partial charge in [0.1, 0.15) is 12.7 Å². The van der Waals surface area contributed by atoms with E-state index in [0.717, 1.165) is 22.3 Å². The van der Waals surface area contributed by atoms with Gasteiger partial charge in [0.05, 0.1) is 0 Å². The smallest absolute Gasteiger partial charge is 0.426 e. The third-order valence-electron chi connectivity index (χ3n) is 4.36. The van der Waals surface area contributed by atoms with Crippen molar-refractivity contribution in [2.24, 2.45) is 0 Å². The van der Waals surface area contributed by atoms with E-state index in [-0.39, 0.29) is 18.8 Å². The molecule has 2 aromatic rings. The Bertz CT molecular complexity index is 823. The maximum atomic E-state index is 11.8. The predicted molar refractivity (Wildman–Crippen MR) is 94.4 cm³/mol. The van der Waals surface area contributed by atoms with Crippen molar-refractivity contribution in [3.05, 3.63) is 59.7 Å². The summed E-state index contributed by atoms with van der Waals surface area (Å²) in [6.45, 7) is 0.0508. The zero-order chi connectivity index (χ0) is 19.4. The SMILES string of the molecule is O=C[C@H](O)[C@@H](O)C(=O)NNC(=O)OCC1c2ccccc2-c2ccccc21. The van der Waals surface area contributed by atoms with Gasteiger partial charge in [-0.3, -0.25) is 10.2 Å². The highest BCUT2D eigenvalue weighted by Crippen LogP contribution is 2.44. The van der Waals surface area contributed by atoms with Gasteiger partial charge in [0.2, 0.25) is 0 Å². The van der Waals surface area contributed by atoms with Crippen LogP contribution >= 0.6 is 0 Å². The molecule has 8 nitrogen and oxygen atoms in total. The zero-order valence-corrected chi connectivity index (χ0v) is 14.2. The minimum absolute atomic E-state index is 0.0115. The first-order valence-corrected chi connectivity index (χ1v) is 8.25. The molecule has 1 aliphatic carbocycles. The highest BCUT2D eigenvalue weighted by Gasteiger charge is 2.29. The number of carbonyl (C=O) groups is 3. The number of ether oxygens (including phenoxy) is 1. The number of hydrogen-bond acceptors (Lipinski definition) is 6. The summed E-state index contributed by atoms with van der Waals surface area (Å²) in [4.78, 5) is 33.7. The van der Waals surface area contributed by atoms with Crippen molar-refractivity contribution in [1.82, 2.24) is 10.9 Å². The number of aliphatic hydroxyl groups excluding tert-OH is 2. The molecule has 0 saturated carbocycles. The summed E-state index contributed by atoms with van der Waals surface area (Å²) in [6.07, 6.45) is -4.79. The lowest BCUT2D eigenvalue weighted by Gasteiger charge is -2.16. The second-order valence-electron chi connectivity index (χ2n) is 6.01. The summed E-state index contributed by atoms with van der Waals surface area (Å²) in [5.74, 6) is -1.27. The number of hydrogen-bond donors (Lipinski definition) is 4. The third kappa shape index (κ3) is 3.81. The Morgan fingerprint density at radius 3 is 2.11 bits per heavy atom. The van der Waals surface area contributed by atoms with E-state index >= 15 is 0 Å². The van der Waals surface area contributed by atoms with Crippen LogP contribution < -0.4 is 10.9 Å². The molecule has 2 amide bonds. The second-order valence-corrected chi connectivity index (χ2v) is 6.01. The zero-order valence-electron chi connectivity index (χ0n) is 14.2. The largest absolute Gasteiger partial charge is 0.447 e. The van der Waals surface area contributed by atoms with E-state index in [2.05, 4.69) is 0 Å². The topological polar surface area (TPSA) is 125 Å². The predicted octanol–water partition coefficient (Wildman–Crippen LogP) is 0.477. The Labute approximate surface area is 154 Å². The van der Waals surface area contributed by atoms with Gasteiger partial charge in [0.15, 0.2) is 12.4 Å². The van der Waals surface area contributed by atoms with Gasteiger partial charge in [-0.1, -0.05) is 48.5 Å².